The first kappa shape index (κ1) is 22.8. The monoisotopic (exact) mass is 423 g/mol. The summed E-state index contributed by atoms with van der Waals surface area (Å²) in [4.78, 5) is 16.9. The molecule has 10 nitrogen and oxygen atoms in total. The number of nitrogen functional groups attached to an aromatic ring is 1. The Hall–Kier alpha value is -2.53. The molecular formula is C18H29N7O3S. The molecule has 2 rings (SSSR count). The lowest BCUT2D eigenvalue weighted by molar-refractivity contribution is 0.259. The van der Waals surface area contributed by atoms with Gasteiger partial charge in [-0.2, -0.15) is 15.0 Å². The molecule has 2 atom stereocenters. The third-order valence-electron chi connectivity index (χ3n) is 4.13. The number of hydrogen-bond acceptors (Lipinski definition) is 9. The van der Waals surface area contributed by atoms with E-state index in [0.29, 0.717) is 30.4 Å². The van der Waals surface area contributed by atoms with Gasteiger partial charge in [-0.3, -0.25) is 4.72 Å². The largest absolute Gasteiger partial charge is 0.394 e. The van der Waals surface area contributed by atoms with Crippen LogP contribution in [0.5, 0.6) is 0 Å². The van der Waals surface area contributed by atoms with Crippen LogP contribution in [0.4, 0.5) is 17.7 Å². The van der Waals surface area contributed by atoms with Gasteiger partial charge in [0.2, 0.25) is 21.9 Å². The van der Waals surface area contributed by atoms with Crippen molar-refractivity contribution in [2.75, 3.05) is 28.6 Å². The van der Waals surface area contributed by atoms with E-state index in [0.717, 1.165) is 11.8 Å². The van der Waals surface area contributed by atoms with Gasteiger partial charge in [-0.05, 0) is 29.9 Å². The summed E-state index contributed by atoms with van der Waals surface area (Å²) in [5.41, 5.74) is 6.59. The Morgan fingerprint density at radius 3 is 2.38 bits per heavy atom. The molecule has 29 heavy (non-hydrogen) atoms. The molecule has 0 aliphatic heterocycles. The van der Waals surface area contributed by atoms with Crippen LogP contribution in [0.25, 0.3) is 0 Å². The minimum Gasteiger partial charge on any atom is -0.394 e. The molecule has 2 aromatic heterocycles. The molecule has 0 spiro atoms. The molecule has 0 saturated carbocycles. The highest BCUT2D eigenvalue weighted by Gasteiger charge is 2.17. The number of rotatable bonds is 10. The van der Waals surface area contributed by atoms with Crippen LogP contribution in [-0.2, 0) is 16.4 Å². The highest BCUT2D eigenvalue weighted by Crippen LogP contribution is 2.20. The summed E-state index contributed by atoms with van der Waals surface area (Å²) in [6, 6.07) is 3.35. The van der Waals surface area contributed by atoms with Crippen molar-refractivity contribution in [3.8, 4) is 0 Å². The predicted octanol–water partition coefficient (Wildman–Crippen LogP) is 1.39. The van der Waals surface area contributed by atoms with Crippen LogP contribution in [0.3, 0.4) is 0 Å². The number of sulfonamides is 1. The van der Waals surface area contributed by atoms with E-state index in [1.54, 1.807) is 12.3 Å². The minimum absolute atomic E-state index is 0.0220. The summed E-state index contributed by atoms with van der Waals surface area (Å²) < 4.78 is 25.6. The van der Waals surface area contributed by atoms with Crippen LogP contribution < -0.4 is 15.8 Å². The Labute approximate surface area is 171 Å². The average molecular weight is 424 g/mol. The average Bonchev–Trinajstić information content (AvgIpc) is 2.59. The molecular weight excluding hydrogens is 394 g/mol. The maximum absolute atomic E-state index is 11.6. The van der Waals surface area contributed by atoms with Gasteiger partial charge in [-0.15, -0.1) is 0 Å². The number of nitrogens with two attached hydrogens (primary N) is 1. The lowest BCUT2D eigenvalue weighted by Gasteiger charge is -2.19. The Morgan fingerprint density at radius 2 is 1.83 bits per heavy atom. The Kier molecular flexibility index (Phi) is 7.68. The summed E-state index contributed by atoms with van der Waals surface area (Å²) >= 11 is 0. The first-order chi connectivity index (χ1) is 13.6. The molecule has 0 amide bonds. The molecule has 11 heteroatoms. The van der Waals surface area contributed by atoms with Crippen molar-refractivity contribution in [2.24, 2.45) is 5.92 Å². The SMILES string of the molecule is CC(C)CC(CO)Nc1nc(CC(C)c2ccc(N)nc2)nc(NS(C)(=O)=O)n1. The van der Waals surface area contributed by atoms with Gasteiger partial charge < -0.3 is 16.2 Å². The molecule has 0 saturated heterocycles. The number of nitrogens with zero attached hydrogens (tertiary/aromatic N) is 4. The molecule has 2 aromatic rings. The van der Waals surface area contributed by atoms with Gasteiger partial charge in [-0.1, -0.05) is 26.8 Å². The number of anilines is 3. The van der Waals surface area contributed by atoms with Crippen molar-refractivity contribution in [3.63, 3.8) is 0 Å². The lowest BCUT2D eigenvalue weighted by atomic mass is 9.99. The number of aliphatic hydroxyl groups excluding tert-OH is 1. The predicted molar refractivity (Wildman–Crippen MR) is 113 cm³/mol. The molecule has 2 heterocycles. The van der Waals surface area contributed by atoms with E-state index in [1.807, 2.05) is 26.8 Å². The Morgan fingerprint density at radius 1 is 1.14 bits per heavy atom. The standard InChI is InChI=1S/C18H29N7O3S/c1-11(2)7-14(10-26)21-17-22-16(23-18(24-17)25-29(4,27)28)8-12(3)13-5-6-15(19)20-9-13/h5-6,9,11-12,14,26H,7-8,10H2,1-4H3,(H2,19,20)(H2,21,22,23,24,25). The first-order valence-electron chi connectivity index (χ1n) is 9.37. The quantitative estimate of drug-likeness (QED) is 0.443. The number of nitrogens with one attached hydrogen (secondary N) is 2. The molecule has 0 fully saturated rings. The second kappa shape index (κ2) is 9.79. The number of aromatic nitrogens is 4. The molecule has 0 aliphatic carbocycles. The Bertz CT molecular complexity index is 904. The minimum atomic E-state index is -3.55. The highest BCUT2D eigenvalue weighted by atomic mass is 32.2. The summed E-state index contributed by atoms with van der Waals surface area (Å²) in [6.45, 7) is 5.98. The van der Waals surface area contributed by atoms with Crippen molar-refractivity contribution < 1.29 is 13.5 Å². The van der Waals surface area contributed by atoms with Gasteiger partial charge in [0.15, 0.2) is 0 Å². The fourth-order valence-electron chi connectivity index (χ4n) is 2.82. The summed E-state index contributed by atoms with van der Waals surface area (Å²) in [5.74, 6) is 1.38. The van der Waals surface area contributed by atoms with Gasteiger partial charge in [0.1, 0.15) is 11.6 Å². The maximum atomic E-state index is 11.6. The highest BCUT2D eigenvalue weighted by molar-refractivity contribution is 7.91. The van der Waals surface area contributed by atoms with Gasteiger partial charge >= 0.3 is 0 Å². The van der Waals surface area contributed by atoms with Gasteiger partial charge in [-0.25, -0.2) is 13.4 Å². The zero-order chi connectivity index (χ0) is 21.6. The van der Waals surface area contributed by atoms with E-state index in [1.165, 1.54) is 0 Å². The topological polar surface area (TPSA) is 156 Å². The van der Waals surface area contributed by atoms with Crippen molar-refractivity contribution >= 4 is 27.7 Å². The summed E-state index contributed by atoms with van der Waals surface area (Å²) in [5, 5.41) is 12.7. The third kappa shape index (κ3) is 7.78. The summed E-state index contributed by atoms with van der Waals surface area (Å²) in [6.07, 6.45) is 3.87. The fourth-order valence-corrected chi connectivity index (χ4v) is 3.24. The Balaban J connectivity index is 2.29. The normalized spacial score (nSPS) is 13.9. The summed E-state index contributed by atoms with van der Waals surface area (Å²) in [7, 11) is -3.55. The van der Waals surface area contributed by atoms with Crippen molar-refractivity contribution in [1.29, 1.82) is 0 Å². The van der Waals surface area contributed by atoms with Crippen LogP contribution in [0.2, 0.25) is 0 Å². The number of aliphatic hydroxyl groups is 1. The van der Waals surface area contributed by atoms with Crippen LogP contribution in [0.1, 0.15) is 44.5 Å². The zero-order valence-electron chi connectivity index (χ0n) is 17.1. The van der Waals surface area contributed by atoms with Crippen LogP contribution in [0, 0.1) is 5.92 Å². The smallest absolute Gasteiger partial charge is 0.241 e. The van der Waals surface area contributed by atoms with E-state index in [-0.39, 0.29) is 30.5 Å². The van der Waals surface area contributed by atoms with E-state index < -0.39 is 10.0 Å². The number of hydrogen-bond donors (Lipinski definition) is 4. The van der Waals surface area contributed by atoms with E-state index in [4.69, 9.17) is 5.73 Å². The second-order valence-corrected chi connectivity index (χ2v) is 9.30. The van der Waals surface area contributed by atoms with Gasteiger partial charge in [0.25, 0.3) is 0 Å². The van der Waals surface area contributed by atoms with Crippen LogP contribution >= 0.6 is 0 Å². The molecule has 160 valence electrons. The number of pyridine rings is 1. The van der Waals surface area contributed by atoms with Crippen LogP contribution in [0.15, 0.2) is 18.3 Å². The van der Waals surface area contributed by atoms with Gasteiger partial charge in [0, 0.05) is 12.6 Å². The zero-order valence-corrected chi connectivity index (χ0v) is 17.9. The molecule has 0 radical (unpaired) electrons. The van der Waals surface area contributed by atoms with E-state index in [2.05, 4.69) is 30.0 Å². The molecule has 2 unspecified atom stereocenters. The lowest BCUT2D eigenvalue weighted by Crippen LogP contribution is -2.27. The second-order valence-electron chi connectivity index (χ2n) is 7.55. The van der Waals surface area contributed by atoms with Gasteiger partial charge in [0.05, 0.1) is 18.9 Å². The molecule has 0 aliphatic rings. The van der Waals surface area contributed by atoms with E-state index in [9.17, 15) is 13.5 Å². The molecule has 0 bridgehead atoms. The van der Waals surface area contributed by atoms with Crippen molar-refractivity contribution in [3.05, 3.63) is 29.7 Å². The maximum Gasteiger partial charge on any atom is 0.241 e. The van der Waals surface area contributed by atoms with Crippen LogP contribution in [-0.4, -0.2) is 52.4 Å². The first-order valence-corrected chi connectivity index (χ1v) is 11.3. The van der Waals surface area contributed by atoms with Crippen molar-refractivity contribution in [2.45, 2.75) is 45.6 Å². The molecule has 5 N–H and O–H groups in total. The molecule has 0 aromatic carbocycles. The fraction of sp³-hybridized carbons (Fsp3) is 0.556. The third-order valence-corrected chi connectivity index (χ3v) is 4.69. The van der Waals surface area contributed by atoms with E-state index >= 15 is 0 Å². The van der Waals surface area contributed by atoms with Crippen molar-refractivity contribution in [1.82, 2.24) is 19.9 Å².